The maximum Gasteiger partial charge on any atom is 0.433 e. The molecular formula is C24H22F6N4O. The van der Waals surface area contributed by atoms with Crippen molar-refractivity contribution in [3.05, 3.63) is 65.6 Å². The number of pyridine rings is 2. The SMILES string of the molecule is CN(c1cc(C(F)(F)F)nc2ccccc12)[C@H]1CC[C@@H](NC(=O)c2ccnc(C(F)(F)F)c2)CC1. The number of para-hydroxylation sites is 1. The molecule has 0 radical (unpaired) electrons. The molecule has 0 bridgehead atoms. The van der Waals surface area contributed by atoms with Crippen LogP contribution in [0.1, 0.15) is 47.4 Å². The highest BCUT2D eigenvalue weighted by atomic mass is 19.4. The zero-order valence-corrected chi connectivity index (χ0v) is 18.6. The van der Waals surface area contributed by atoms with Crippen LogP contribution in [0.2, 0.25) is 0 Å². The summed E-state index contributed by atoms with van der Waals surface area (Å²) in [4.78, 5) is 21.3. The second kappa shape index (κ2) is 9.35. The number of carbonyl (C=O) groups excluding carboxylic acids is 1. The summed E-state index contributed by atoms with van der Waals surface area (Å²) < 4.78 is 78.9. The van der Waals surface area contributed by atoms with E-state index in [0.29, 0.717) is 42.8 Å². The van der Waals surface area contributed by atoms with Crippen LogP contribution in [0.3, 0.4) is 0 Å². The van der Waals surface area contributed by atoms with Crippen LogP contribution < -0.4 is 10.2 Å². The van der Waals surface area contributed by atoms with Crippen molar-refractivity contribution >= 4 is 22.5 Å². The Morgan fingerprint density at radius 2 is 1.60 bits per heavy atom. The van der Waals surface area contributed by atoms with E-state index in [9.17, 15) is 31.1 Å². The Balaban J connectivity index is 1.45. The molecule has 0 atom stereocenters. The fraction of sp³-hybridized carbons (Fsp3) is 0.375. The Bertz CT molecular complexity index is 1220. The number of amides is 1. The lowest BCUT2D eigenvalue weighted by molar-refractivity contribution is -0.141. The molecule has 5 nitrogen and oxygen atoms in total. The second-order valence-corrected chi connectivity index (χ2v) is 8.56. The van der Waals surface area contributed by atoms with E-state index in [1.165, 1.54) is 12.1 Å². The molecule has 4 rings (SSSR count). The molecule has 1 aliphatic rings. The van der Waals surface area contributed by atoms with Crippen LogP contribution >= 0.6 is 0 Å². The van der Waals surface area contributed by atoms with Gasteiger partial charge in [0.05, 0.1) is 5.52 Å². The maximum atomic E-state index is 13.4. The van der Waals surface area contributed by atoms with Gasteiger partial charge in [-0.2, -0.15) is 26.3 Å². The van der Waals surface area contributed by atoms with Crippen molar-refractivity contribution in [1.82, 2.24) is 15.3 Å². The summed E-state index contributed by atoms with van der Waals surface area (Å²) >= 11 is 0. The van der Waals surface area contributed by atoms with Gasteiger partial charge in [0.1, 0.15) is 11.4 Å². The van der Waals surface area contributed by atoms with Gasteiger partial charge in [-0.05, 0) is 49.9 Å². The molecule has 11 heteroatoms. The first-order valence-corrected chi connectivity index (χ1v) is 11.0. The van der Waals surface area contributed by atoms with Gasteiger partial charge in [0, 0.05) is 42.0 Å². The highest BCUT2D eigenvalue weighted by Gasteiger charge is 2.35. The molecule has 2 aromatic heterocycles. The van der Waals surface area contributed by atoms with Crippen molar-refractivity contribution in [3.63, 3.8) is 0 Å². The lowest BCUT2D eigenvalue weighted by atomic mass is 9.89. The van der Waals surface area contributed by atoms with E-state index < -0.39 is 29.6 Å². The van der Waals surface area contributed by atoms with E-state index in [4.69, 9.17) is 0 Å². The number of hydrogen-bond acceptors (Lipinski definition) is 4. The van der Waals surface area contributed by atoms with Crippen molar-refractivity contribution < 1.29 is 31.1 Å². The van der Waals surface area contributed by atoms with E-state index in [2.05, 4.69) is 15.3 Å². The van der Waals surface area contributed by atoms with Gasteiger partial charge >= 0.3 is 12.4 Å². The number of hydrogen-bond donors (Lipinski definition) is 1. The average Bonchev–Trinajstić information content (AvgIpc) is 2.82. The predicted molar refractivity (Wildman–Crippen MR) is 118 cm³/mol. The van der Waals surface area contributed by atoms with Crippen LogP contribution in [0.25, 0.3) is 10.9 Å². The molecule has 0 unspecified atom stereocenters. The van der Waals surface area contributed by atoms with Gasteiger partial charge in [0.2, 0.25) is 0 Å². The summed E-state index contributed by atoms with van der Waals surface area (Å²) in [6.07, 6.45) is -6.05. The molecule has 0 aliphatic heterocycles. The molecule has 2 heterocycles. The van der Waals surface area contributed by atoms with Crippen LogP contribution in [0.5, 0.6) is 0 Å². The molecule has 186 valence electrons. The van der Waals surface area contributed by atoms with Gasteiger partial charge in [0.25, 0.3) is 5.91 Å². The van der Waals surface area contributed by atoms with E-state index >= 15 is 0 Å². The highest BCUT2D eigenvalue weighted by molar-refractivity contribution is 5.94. The van der Waals surface area contributed by atoms with Crippen LogP contribution in [0.4, 0.5) is 32.0 Å². The predicted octanol–water partition coefficient (Wildman–Crippen LogP) is 5.84. The van der Waals surface area contributed by atoms with E-state index in [1.54, 1.807) is 25.2 Å². The molecule has 1 aromatic carbocycles. The van der Waals surface area contributed by atoms with Gasteiger partial charge < -0.3 is 10.2 Å². The number of nitrogens with one attached hydrogen (secondary N) is 1. The van der Waals surface area contributed by atoms with Crippen LogP contribution in [-0.2, 0) is 12.4 Å². The Kier molecular flexibility index (Phi) is 6.61. The summed E-state index contributed by atoms with van der Waals surface area (Å²) in [6.45, 7) is 0. The standard InChI is InChI=1S/C24H22F6N4O/c1-34(19-13-21(24(28,29)30)33-18-5-3-2-4-17(18)19)16-8-6-15(7-9-16)32-22(35)14-10-11-31-20(12-14)23(25,26)27/h2-5,10-13,15-16H,6-9H2,1H3,(H,32,35)/t15-,16+. The number of carbonyl (C=O) groups is 1. The Morgan fingerprint density at radius 3 is 2.26 bits per heavy atom. The number of fused-ring (bicyclic) bond motifs is 1. The van der Waals surface area contributed by atoms with Gasteiger partial charge in [-0.3, -0.25) is 9.78 Å². The second-order valence-electron chi connectivity index (χ2n) is 8.56. The number of anilines is 1. The molecule has 1 fully saturated rings. The molecule has 3 aromatic rings. The van der Waals surface area contributed by atoms with E-state index in [-0.39, 0.29) is 23.2 Å². The van der Waals surface area contributed by atoms with Crippen molar-refractivity contribution in [1.29, 1.82) is 0 Å². The molecule has 1 N–H and O–H groups in total. The fourth-order valence-electron chi connectivity index (χ4n) is 4.39. The lowest BCUT2D eigenvalue weighted by Crippen LogP contribution is -2.43. The number of alkyl halides is 6. The molecule has 1 amide bonds. The fourth-order valence-corrected chi connectivity index (χ4v) is 4.39. The largest absolute Gasteiger partial charge is 0.433 e. The molecule has 0 spiro atoms. The summed E-state index contributed by atoms with van der Waals surface area (Å²) in [5.41, 5.74) is -1.56. The maximum absolute atomic E-state index is 13.4. The smallest absolute Gasteiger partial charge is 0.371 e. The minimum Gasteiger partial charge on any atom is -0.371 e. The van der Waals surface area contributed by atoms with Crippen LogP contribution in [0.15, 0.2) is 48.7 Å². The molecule has 1 aliphatic carbocycles. The van der Waals surface area contributed by atoms with Crippen LogP contribution in [0, 0.1) is 0 Å². The molecule has 35 heavy (non-hydrogen) atoms. The summed E-state index contributed by atoms with van der Waals surface area (Å²) in [5, 5.41) is 3.37. The topological polar surface area (TPSA) is 58.1 Å². The number of nitrogens with zero attached hydrogens (tertiary/aromatic N) is 3. The monoisotopic (exact) mass is 496 g/mol. The van der Waals surface area contributed by atoms with Gasteiger partial charge in [-0.25, -0.2) is 4.98 Å². The third kappa shape index (κ3) is 5.49. The van der Waals surface area contributed by atoms with Crippen molar-refractivity contribution in [3.8, 4) is 0 Å². The molecular weight excluding hydrogens is 474 g/mol. The van der Waals surface area contributed by atoms with Crippen molar-refractivity contribution in [2.24, 2.45) is 0 Å². The van der Waals surface area contributed by atoms with Crippen molar-refractivity contribution in [2.75, 3.05) is 11.9 Å². The minimum absolute atomic E-state index is 0.0761. The highest BCUT2D eigenvalue weighted by Crippen LogP contribution is 2.36. The Labute approximate surface area is 197 Å². The van der Waals surface area contributed by atoms with Gasteiger partial charge in [-0.1, -0.05) is 18.2 Å². The first-order valence-electron chi connectivity index (χ1n) is 11.0. The first kappa shape index (κ1) is 24.7. The number of rotatable bonds is 4. The zero-order valence-electron chi connectivity index (χ0n) is 18.6. The Hall–Kier alpha value is -3.37. The Morgan fingerprint density at radius 1 is 0.943 bits per heavy atom. The average molecular weight is 496 g/mol. The number of aromatic nitrogens is 2. The normalized spacial score (nSPS) is 18.9. The van der Waals surface area contributed by atoms with Gasteiger partial charge in [-0.15, -0.1) is 0 Å². The number of halogens is 6. The number of benzene rings is 1. The zero-order chi connectivity index (χ0) is 25.4. The van der Waals surface area contributed by atoms with Gasteiger partial charge in [0.15, 0.2) is 0 Å². The first-order chi connectivity index (χ1) is 16.4. The van der Waals surface area contributed by atoms with E-state index in [0.717, 1.165) is 12.3 Å². The summed E-state index contributed by atoms with van der Waals surface area (Å²) in [7, 11) is 1.74. The summed E-state index contributed by atoms with van der Waals surface area (Å²) in [6, 6.07) is 9.29. The quantitative estimate of drug-likeness (QED) is 0.461. The van der Waals surface area contributed by atoms with E-state index in [1.807, 2.05) is 4.90 Å². The third-order valence-electron chi connectivity index (χ3n) is 6.26. The summed E-state index contributed by atoms with van der Waals surface area (Å²) in [5.74, 6) is -0.621. The molecule has 1 saturated carbocycles. The van der Waals surface area contributed by atoms with Crippen molar-refractivity contribution in [2.45, 2.75) is 50.1 Å². The molecule has 0 saturated heterocycles. The minimum atomic E-state index is -4.65. The third-order valence-corrected chi connectivity index (χ3v) is 6.26. The van der Waals surface area contributed by atoms with Crippen LogP contribution in [-0.4, -0.2) is 35.0 Å². The lowest BCUT2D eigenvalue weighted by Gasteiger charge is -2.37.